The minimum Gasteiger partial charge on any atom is -0.313 e. The molecule has 1 aromatic carbocycles. The number of halogens is 1. The predicted molar refractivity (Wildman–Crippen MR) is 74.4 cm³/mol. The molecular formula is C16H24FN. The average molecular weight is 249 g/mol. The van der Waals surface area contributed by atoms with Gasteiger partial charge in [-0.15, -0.1) is 0 Å². The van der Waals surface area contributed by atoms with Crippen molar-refractivity contribution in [1.82, 2.24) is 5.32 Å². The average Bonchev–Trinajstić information content (AvgIpc) is 2.39. The van der Waals surface area contributed by atoms with Crippen molar-refractivity contribution in [3.8, 4) is 0 Å². The quantitative estimate of drug-likeness (QED) is 0.845. The highest BCUT2D eigenvalue weighted by Crippen LogP contribution is 2.35. The third-order valence-electron chi connectivity index (χ3n) is 4.06. The van der Waals surface area contributed by atoms with E-state index in [0.717, 1.165) is 13.0 Å². The normalized spacial score (nSPS) is 24.2. The molecule has 0 radical (unpaired) electrons. The molecule has 0 spiro atoms. The van der Waals surface area contributed by atoms with Gasteiger partial charge in [0.05, 0.1) is 0 Å². The Morgan fingerprint density at radius 2 is 2.06 bits per heavy atom. The van der Waals surface area contributed by atoms with Crippen molar-refractivity contribution < 1.29 is 4.39 Å². The van der Waals surface area contributed by atoms with Crippen LogP contribution in [0.4, 0.5) is 4.39 Å². The van der Waals surface area contributed by atoms with Crippen molar-refractivity contribution in [1.29, 1.82) is 0 Å². The van der Waals surface area contributed by atoms with E-state index in [4.69, 9.17) is 0 Å². The zero-order chi connectivity index (χ0) is 13.0. The number of hydrogen-bond acceptors (Lipinski definition) is 1. The van der Waals surface area contributed by atoms with Gasteiger partial charge in [0.15, 0.2) is 0 Å². The van der Waals surface area contributed by atoms with Crippen LogP contribution in [-0.2, 0) is 0 Å². The van der Waals surface area contributed by atoms with E-state index in [1.165, 1.54) is 36.8 Å². The van der Waals surface area contributed by atoms with Gasteiger partial charge in [-0.05, 0) is 61.9 Å². The number of hydrogen-bond donors (Lipinski definition) is 1. The van der Waals surface area contributed by atoms with Gasteiger partial charge in [-0.1, -0.05) is 25.8 Å². The Morgan fingerprint density at radius 1 is 1.28 bits per heavy atom. The van der Waals surface area contributed by atoms with Crippen LogP contribution >= 0.6 is 0 Å². The van der Waals surface area contributed by atoms with Gasteiger partial charge in [-0.2, -0.15) is 0 Å². The molecule has 0 aliphatic heterocycles. The Labute approximate surface area is 110 Å². The van der Waals surface area contributed by atoms with Gasteiger partial charge in [0, 0.05) is 6.04 Å². The summed E-state index contributed by atoms with van der Waals surface area (Å²) in [6, 6.07) is 5.75. The molecule has 0 aromatic heterocycles. The van der Waals surface area contributed by atoms with Crippen LogP contribution in [0, 0.1) is 12.7 Å². The molecule has 2 atom stereocenters. The Hall–Kier alpha value is -0.890. The molecule has 1 aliphatic carbocycles. The molecule has 0 saturated heterocycles. The maximum Gasteiger partial charge on any atom is 0.123 e. The molecule has 1 N–H and O–H groups in total. The molecule has 18 heavy (non-hydrogen) atoms. The van der Waals surface area contributed by atoms with Gasteiger partial charge in [0.1, 0.15) is 5.82 Å². The van der Waals surface area contributed by atoms with E-state index >= 15 is 0 Å². The Balaban J connectivity index is 2.19. The Bertz CT molecular complexity index is 389. The van der Waals surface area contributed by atoms with E-state index in [0.29, 0.717) is 12.0 Å². The summed E-state index contributed by atoms with van der Waals surface area (Å²) in [5.74, 6) is 0.386. The Kier molecular flexibility index (Phi) is 4.76. The van der Waals surface area contributed by atoms with Crippen LogP contribution in [0.1, 0.15) is 56.1 Å². The van der Waals surface area contributed by atoms with E-state index in [-0.39, 0.29) is 5.82 Å². The fraction of sp³-hybridized carbons (Fsp3) is 0.625. The molecule has 1 fully saturated rings. The maximum atomic E-state index is 13.5. The summed E-state index contributed by atoms with van der Waals surface area (Å²) in [5, 5.41) is 3.64. The molecule has 1 aromatic rings. The lowest BCUT2D eigenvalue weighted by molar-refractivity contribution is 0.327. The van der Waals surface area contributed by atoms with Crippen LogP contribution in [0.15, 0.2) is 18.2 Å². The largest absolute Gasteiger partial charge is 0.313 e. The van der Waals surface area contributed by atoms with E-state index in [9.17, 15) is 4.39 Å². The van der Waals surface area contributed by atoms with E-state index in [2.05, 4.69) is 19.2 Å². The van der Waals surface area contributed by atoms with Gasteiger partial charge in [-0.25, -0.2) is 4.39 Å². The van der Waals surface area contributed by atoms with Gasteiger partial charge < -0.3 is 5.32 Å². The third kappa shape index (κ3) is 3.11. The number of aryl methyl sites for hydroxylation is 1. The summed E-state index contributed by atoms with van der Waals surface area (Å²) in [4.78, 5) is 0. The smallest absolute Gasteiger partial charge is 0.123 e. The first-order chi connectivity index (χ1) is 8.72. The van der Waals surface area contributed by atoms with Gasteiger partial charge in [0.25, 0.3) is 0 Å². The van der Waals surface area contributed by atoms with Crippen LogP contribution in [0.5, 0.6) is 0 Å². The van der Waals surface area contributed by atoms with E-state index in [1.54, 1.807) is 12.1 Å². The lowest BCUT2D eigenvalue weighted by Gasteiger charge is -2.33. The lowest BCUT2D eigenvalue weighted by Crippen LogP contribution is -2.37. The standard InChI is InChI=1S/C16H24FN/c1-3-10-18-16-7-5-4-6-14(16)15-11-13(17)9-8-12(15)2/h8-9,11,14,16,18H,3-7,10H2,1-2H3. The van der Waals surface area contributed by atoms with Crippen LogP contribution in [0.2, 0.25) is 0 Å². The summed E-state index contributed by atoms with van der Waals surface area (Å²) >= 11 is 0. The van der Waals surface area contributed by atoms with Crippen LogP contribution in [0.25, 0.3) is 0 Å². The molecule has 1 nitrogen and oxygen atoms in total. The van der Waals surface area contributed by atoms with Gasteiger partial charge >= 0.3 is 0 Å². The number of benzene rings is 1. The first kappa shape index (κ1) is 13.5. The molecule has 0 amide bonds. The minimum atomic E-state index is -0.101. The first-order valence-electron chi connectivity index (χ1n) is 7.21. The minimum absolute atomic E-state index is 0.101. The van der Waals surface area contributed by atoms with Crippen molar-refractivity contribution in [3.05, 3.63) is 35.1 Å². The topological polar surface area (TPSA) is 12.0 Å². The highest BCUT2D eigenvalue weighted by molar-refractivity contribution is 5.31. The maximum absolute atomic E-state index is 13.5. The zero-order valence-electron chi connectivity index (χ0n) is 11.5. The van der Waals surface area contributed by atoms with E-state index < -0.39 is 0 Å². The molecule has 2 heteroatoms. The summed E-state index contributed by atoms with van der Waals surface area (Å²) < 4.78 is 13.5. The summed E-state index contributed by atoms with van der Waals surface area (Å²) in [6.07, 6.45) is 6.13. The lowest BCUT2D eigenvalue weighted by atomic mass is 9.78. The first-order valence-corrected chi connectivity index (χ1v) is 7.21. The molecule has 1 aliphatic rings. The van der Waals surface area contributed by atoms with Crippen molar-refractivity contribution in [2.24, 2.45) is 0 Å². The van der Waals surface area contributed by atoms with Crippen molar-refractivity contribution >= 4 is 0 Å². The fourth-order valence-electron chi connectivity index (χ4n) is 3.09. The molecular weight excluding hydrogens is 225 g/mol. The SMILES string of the molecule is CCCNC1CCCCC1c1cc(F)ccc1C. The molecule has 100 valence electrons. The summed E-state index contributed by atoms with van der Waals surface area (Å²) in [7, 11) is 0. The predicted octanol–water partition coefficient (Wildman–Crippen LogP) is 4.16. The van der Waals surface area contributed by atoms with E-state index in [1.807, 2.05) is 6.07 Å². The van der Waals surface area contributed by atoms with Crippen molar-refractivity contribution in [2.75, 3.05) is 6.54 Å². The number of rotatable bonds is 4. The zero-order valence-corrected chi connectivity index (χ0v) is 11.5. The second-order valence-corrected chi connectivity index (χ2v) is 5.45. The second-order valence-electron chi connectivity index (χ2n) is 5.45. The highest BCUT2D eigenvalue weighted by atomic mass is 19.1. The molecule has 2 unspecified atom stereocenters. The Morgan fingerprint density at radius 3 is 2.83 bits per heavy atom. The highest BCUT2D eigenvalue weighted by Gasteiger charge is 2.27. The van der Waals surface area contributed by atoms with Crippen molar-refractivity contribution in [2.45, 2.75) is 57.9 Å². The summed E-state index contributed by atoms with van der Waals surface area (Å²) in [6.45, 7) is 5.36. The third-order valence-corrected chi connectivity index (χ3v) is 4.06. The van der Waals surface area contributed by atoms with Crippen molar-refractivity contribution in [3.63, 3.8) is 0 Å². The molecule has 0 bridgehead atoms. The molecule has 2 rings (SSSR count). The van der Waals surface area contributed by atoms with Crippen LogP contribution in [-0.4, -0.2) is 12.6 Å². The van der Waals surface area contributed by atoms with Crippen LogP contribution < -0.4 is 5.32 Å². The molecule has 0 heterocycles. The van der Waals surface area contributed by atoms with Gasteiger partial charge in [-0.3, -0.25) is 0 Å². The second kappa shape index (κ2) is 6.33. The van der Waals surface area contributed by atoms with Gasteiger partial charge in [0.2, 0.25) is 0 Å². The summed E-state index contributed by atoms with van der Waals surface area (Å²) in [5.41, 5.74) is 2.44. The monoisotopic (exact) mass is 249 g/mol. The molecule has 1 saturated carbocycles. The number of nitrogens with one attached hydrogen (secondary N) is 1. The fourth-order valence-corrected chi connectivity index (χ4v) is 3.09. The van der Waals surface area contributed by atoms with Crippen LogP contribution in [0.3, 0.4) is 0 Å².